The zero-order valence-corrected chi connectivity index (χ0v) is 8.73. The summed E-state index contributed by atoms with van der Waals surface area (Å²) < 4.78 is 5.82. The van der Waals surface area contributed by atoms with Crippen LogP contribution in [0.1, 0.15) is 19.3 Å². The Morgan fingerprint density at radius 2 is 2.20 bits per heavy atom. The lowest BCUT2D eigenvalue weighted by molar-refractivity contribution is 0.00933. The smallest absolute Gasteiger partial charge is 0.0816 e. The molecule has 2 nitrogen and oxygen atoms in total. The number of rotatable bonds is 0. The number of fused-ring (bicyclic) bond motifs is 2. The summed E-state index contributed by atoms with van der Waals surface area (Å²) >= 11 is 0. The minimum absolute atomic E-state index is 0.177. The summed E-state index contributed by atoms with van der Waals surface area (Å²) in [6.45, 7) is 0.775. The van der Waals surface area contributed by atoms with Crippen molar-refractivity contribution >= 4 is 0 Å². The molecule has 2 aliphatic carbocycles. The predicted molar refractivity (Wildman–Crippen MR) is 58.4 cm³/mol. The van der Waals surface area contributed by atoms with E-state index in [-0.39, 0.29) is 12.2 Å². The average molecular weight is 204 g/mol. The second kappa shape index (κ2) is 3.62. The molecule has 1 aliphatic heterocycles. The van der Waals surface area contributed by atoms with Gasteiger partial charge in [0.15, 0.2) is 0 Å². The van der Waals surface area contributed by atoms with Gasteiger partial charge >= 0.3 is 0 Å². The standard InChI is InChI=1S/C13H16O2/c14-11-6-3-7-12-13(11)10-5-2-1-4-9(10)8-15-12/h1-2,4-5,9,11-12,14H,3,6-8H2. The molecule has 0 radical (unpaired) electrons. The van der Waals surface area contributed by atoms with Crippen LogP contribution in [0.2, 0.25) is 0 Å². The lowest BCUT2D eigenvalue weighted by Gasteiger charge is -2.38. The molecule has 1 saturated carbocycles. The Morgan fingerprint density at radius 3 is 3.13 bits per heavy atom. The molecule has 0 aromatic carbocycles. The summed E-state index contributed by atoms with van der Waals surface area (Å²) in [6.07, 6.45) is 11.4. The first kappa shape index (κ1) is 9.37. The van der Waals surface area contributed by atoms with Gasteiger partial charge in [0.25, 0.3) is 0 Å². The minimum Gasteiger partial charge on any atom is -0.389 e. The van der Waals surface area contributed by atoms with Crippen LogP contribution in [0.3, 0.4) is 0 Å². The van der Waals surface area contributed by atoms with Gasteiger partial charge in [-0.05, 0) is 30.4 Å². The van der Waals surface area contributed by atoms with E-state index >= 15 is 0 Å². The van der Waals surface area contributed by atoms with E-state index in [1.807, 2.05) is 0 Å². The van der Waals surface area contributed by atoms with Gasteiger partial charge in [-0.25, -0.2) is 0 Å². The van der Waals surface area contributed by atoms with Crippen molar-refractivity contribution in [3.63, 3.8) is 0 Å². The maximum absolute atomic E-state index is 10.0. The molecule has 0 saturated heterocycles. The molecule has 0 amide bonds. The number of ether oxygens (including phenoxy) is 1. The highest BCUT2D eigenvalue weighted by Crippen LogP contribution is 2.37. The third kappa shape index (κ3) is 1.48. The Morgan fingerprint density at radius 1 is 1.27 bits per heavy atom. The lowest BCUT2D eigenvalue weighted by Crippen LogP contribution is -2.37. The molecule has 80 valence electrons. The molecule has 2 heteroatoms. The van der Waals surface area contributed by atoms with E-state index in [1.165, 1.54) is 5.57 Å². The summed E-state index contributed by atoms with van der Waals surface area (Å²) in [5, 5.41) is 10.0. The van der Waals surface area contributed by atoms with Gasteiger partial charge in [0.1, 0.15) is 0 Å². The van der Waals surface area contributed by atoms with Crippen molar-refractivity contribution in [2.24, 2.45) is 5.92 Å². The Hall–Kier alpha value is -0.860. The largest absolute Gasteiger partial charge is 0.389 e. The predicted octanol–water partition coefficient (Wildman–Crippen LogP) is 1.97. The van der Waals surface area contributed by atoms with E-state index < -0.39 is 0 Å². The van der Waals surface area contributed by atoms with Gasteiger partial charge in [0, 0.05) is 5.92 Å². The normalized spacial score (nSPS) is 38.9. The van der Waals surface area contributed by atoms with Gasteiger partial charge in [0.2, 0.25) is 0 Å². The summed E-state index contributed by atoms with van der Waals surface area (Å²) in [5.74, 6) is 0.369. The highest BCUT2D eigenvalue weighted by atomic mass is 16.5. The van der Waals surface area contributed by atoms with Crippen LogP contribution in [0.4, 0.5) is 0 Å². The van der Waals surface area contributed by atoms with E-state index in [9.17, 15) is 5.11 Å². The molecule has 1 N–H and O–H groups in total. The van der Waals surface area contributed by atoms with E-state index in [2.05, 4.69) is 24.3 Å². The fraction of sp³-hybridized carbons (Fsp3) is 0.538. The molecular weight excluding hydrogens is 188 g/mol. The average Bonchev–Trinajstić information content (AvgIpc) is 2.29. The molecule has 0 spiro atoms. The summed E-state index contributed by atoms with van der Waals surface area (Å²) in [4.78, 5) is 0. The monoisotopic (exact) mass is 204 g/mol. The van der Waals surface area contributed by atoms with Crippen LogP contribution < -0.4 is 0 Å². The quantitative estimate of drug-likeness (QED) is 0.653. The Balaban J connectivity index is 2.04. The van der Waals surface area contributed by atoms with Crippen LogP contribution in [0, 0.1) is 5.92 Å². The van der Waals surface area contributed by atoms with Crippen molar-refractivity contribution in [2.75, 3.05) is 6.61 Å². The van der Waals surface area contributed by atoms with Crippen LogP contribution in [-0.2, 0) is 4.74 Å². The van der Waals surface area contributed by atoms with Crippen molar-refractivity contribution < 1.29 is 9.84 Å². The molecule has 3 rings (SSSR count). The van der Waals surface area contributed by atoms with Crippen molar-refractivity contribution in [3.8, 4) is 0 Å². The fourth-order valence-corrected chi connectivity index (χ4v) is 2.83. The maximum atomic E-state index is 10.0. The lowest BCUT2D eigenvalue weighted by atomic mass is 9.79. The number of hydrogen-bond donors (Lipinski definition) is 1. The van der Waals surface area contributed by atoms with E-state index in [4.69, 9.17) is 4.74 Å². The van der Waals surface area contributed by atoms with Crippen LogP contribution in [-0.4, -0.2) is 23.9 Å². The molecule has 3 unspecified atom stereocenters. The van der Waals surface area contributed by atoms with Gasteiger partial charge in [-0.2, -0.15) is 0 Å². The number of hydrogen-bond acceptors (Lipinski definition) is 2. The van der Waals surface area contributed by atoms with E-state index in [1.54, 1.807) is 0 Å². The molecule has 1 heterocycles. The second-order valence-electron chi connectivity index (χ2n) is 4.53. The van der Waals surface area contributed by atoms with Gasteiger partial charge < -0.3 is 9.84 Å². The van der Waals surface area contributed by atoms with E-state index in [0.717, 1.165) is 31.4 Å². The molecule has 1 fully saturated rings. The summed E-state index contributed by atoms with van der Waals surface area (Å²) in [7, 11) is 0. The van der Waals surface area contributed by atoms with Crippen molar-refractivity contribution in [1.29, 1.82) is 0 Å². The first-order valence-corrected chi connectivity index (χ1v) is 5.75. The van der Waals surface area contributed by atoms with E-state index in [0.29, 0.717) is 5.92 Å². The molecule has 15 heavy (non-hydrogen) atoms. The van der Waals surface area contributed by atoms with Crippen molar-refractivity contribution in [2.45, 2.75) is 31.5 Å². The summed E-state index contributed by atoms with van der Waals surface area (Å²) in [6, 6.07) is 0. The SMILES string of the molecule is OC1CCCC2OCC3C=CC=CC3=C12. The fourth-order valence-electron chi connectivity index (χ4n) is 2.83. The Kier molecular flexibility index (Phi) is 2.26. The van der Waals surface area contributed by atoms with Crippen molar-refractivity contribution in [3.05, 3.63) is 35.5 Å². The molecule has 0 aromatic rings. The third-order valence-corrected chi connectivity index (χ3v) is 3.59. The number of aliphatic hydroxyl groups is 1. The zero-order valence-electron chi connectivity index (χ0n) is 8.73. The molecule has 0 aromatic heterocycles. The summed E-state index contributed by atoms with van der Waals surface area (Å²) in [5.41, 5.74) is 2.46. The Bertz CT molecular complexity index is 352. The van der Waals surface area contributed by atoms with Gasteiger partial charge in [-0.15, -0.1) is 0 Å². The van der Waals surface area contributed by atoms with Gasteiger partial charge in [0.05, 0.1) is 18.8 Å². The number of aliphatic hydroxyl groups excluding tert-OH is 1. The molecular formula is C13H16O2. The maximum Gasteiger partial charge on any atom is 0.0816 e. The van der Waals surface area contributed by atoms with Gasteiger partial charge in [-0.3, -0.25) is 0 Å². The molecule has 3 atom stereocenters. The molecule has 3 aliphatic rings. The van der Waals surface area contributed by atoms with Crippen LogP contribution in [0.15, 0.2) is 35.5 Å². The van der Waals surface area contributed by atoms with Crippen LogP contribution in [0.5, 0.6) is 0 Å². The minimum atomic E-state index is -0.280. The highest BCUT2D eigenvalue weighted by Gasteiger charge is 2.34. The topological polar surface area (TPSA) is 29.5 Å². The molecule has 0 bridgehead atoms. The van der Waals surface area contributed by atoms with Crippen LogP contribution in [0.25, 0.3) is 0 Å². The first-order valence-electron chi connectivity index (χ1n) is 5.75. The van der Waals surface area contributed by atoms with Crippen LogP contribution >= 0.6 is 0 Å². The first-order chi connectivity index (χ1) is 7.36. The van der Waals surface area contributed by atoms with Crippen molar-refractivity contribution in [1.82, 2.24) is 0 Å². The van der Waals surface area contributed by atoms with Gasteiger partial charge in [-0.1, -0.05) is 24.3 Å². The Labute approximate surface area is 89.9 Å². The second-order valence-corrected chi connectivity index (χ2v) is 4.53. The number of allylic oxidation sites excluding steroid dienone is 3. The zero-order chi connectivity index (χ0) is 10.3. The highest BCUT2D eigenvalue weighted by molar-refractivity contribution is 5.42. The third-order valence-electron chi connectivity index (χ3n) is 3.59.